The summed E-state index contributed by atoms with van der Waals surface area (Å²) in [5.74, 6) is 0. The highest BCUT2D eigenvalue weighted by atomic mass is 32.2. The van der Waals surface area contributed by atoms with E-state index in [1.54, 1.807) is 32.0 Å². The molecule has 1 aromatic rings. The summed E-state index contributed by atoms with van der Waals surface area (Å²) in [6.07, 6.45) is 0. The monoisotopic (exact) mass is 285 g/mol. The van der Waals surface area contributed by atoms with Gasteiger partial charge in [-0.2, -0.15) is 0 Å². The summed E-state index contributed by atoms with van der Waals surface area (Å²) in [5, 5.41) is 0. The summed E-state index contributed by atoms with van der Waals surface area (Å²) in [5.41, 5.74) is 6.42. The third kappa shape index (κ3) is 4.49. The molecule has 0 saturated carbocycles. The van der Waals surface area contributed by atoms with E-state index in [-0.39, 0.29) is 17.0 Å². The summed E-state index contributed by atoms with van der Waals surface area (Å²) in [7, 11) is -1.66. The molecule has 19 heavy (non-hydrogen) atoms. The number of hydrogen-bond acceptors (Lipinski definition) is 4. The maximum Gasteiger partial charge on any atom is 0.242 e. The molecular weight excluding hydrogens is 262 g/mol. The van der Waals surface area contributed by atoms with Crippen LogP contribution in [-0.4, -0.2) is 34.1 Å². The standard InChI is InChI=1S/C13H23N3O2S/c1-10(2)15-19(17,18)13-8-6-5-7-12(13)16(4)9-11(3)14/h5-8,10-11,15H,9,14H2,1-4H3. The van der Waals surface area contributed by atoms with Gasteiger partial charge < -0.3 is 10.6 Å². The van der Waals surface area contributed by atoms with E-state index in [1.807, 2.05) is 24.9 Å². The normalized spacial score (nSPS) is 13.6. The number of anilines is 1. The Labute approximate surface area is 115 Å². The zero-order valence-corrected chi connectivity index (χ0v) is 12.7. The van der Waals surface area contributed by atoms with E-state index in [4.69, 9.17) is 5.73 Å². The van der Waals surface area contributed by atoms with Gasteiger partial charge in [0.05, 0.1) is 5.69 Å². The first-order valence-corrected chi connectivity index (χ1v) is 7.80. The second-order valence-corrected chi connectivity index (χ2v) is 6.78. The lowest BCUT2D eigenvalue weighted by atomic mass is 10.2. The van der Waals surface area contributed by atoms with Gasteiger partial charge in [0.2, 0.25) is 10.0 Å². The Morgan fingerprint density at radius 2 is 1.84 bits per heavy atom. The molecule has 0 heterocycles. The van der Waals surface area contributed by atoms with Crippen molar-refractivity contribution in [1.29, 1.82) is 0 Å². The van der Waals surface area contributed by atoms with Crippen LogP contribution in [0.3, 0.4) is 0 Å². The molecule has 0 saturated heterocycles. The van der Waals surface area contributed by atoms with Crippen molar-refractivity contribution in [3.63, 3.8) is 0 Å². The molecule has 1 rings (SSSR count). The van der Waals surface area contributed by atoms with Gasteiger partial charge in [-0.15, -0.1) is 0 Å². The number of nitrogens with zero attached hydrogens (tertiary/aromatic N) is 1. The molecule has 1 atom stereocenters. The predicted octanol–water partition coefficient (Wildman–Crippen LogP) is 1.16. The average Bonchev–Trinajstić information content (AvgIpc) is 2.26. The molecule has 0 amide bonds. The number of para-hydroxylation sites is 1. The highest BCUT2D eigenvalue weighted by molar-refractivity contribution is 7.89. The molecule has 0 aromatic heterocycles. The van der Waals surface area contributed by atoms with Crippen LogP contribution in [0.5, 0.6) is 0 Å². The molecule has 108 valence electrons. The Bertz CT molecular complexity index is 512. The predicted molar refractivity (Wildman–Crippen MR) is 78.8 cm³/mol. The number of nitrogens with two attached hydrogens (primary N) is 1. The number of likely N-dealkylation sites (N-methyl/N-ethyl adjacent to an activating group) is 1. The molecule has 5 nitrogen and oxygen atoms in total. The number of hydrogen-bond donors (Lipinski definition) is 2. The second kappa shape index (κ2) is 6.36. The van der Waals surface area contributed by atoms with Crippen molar-refractivity contribution in [3.05, 3.63) is 24.3 Å². The molecule has 0 radical (unpaired) electrons. The fourth-order valence-electron chi connectivity index (χ4n) is 1.90. The minimum Gasteiger partial charge on any atom is -0.372 e. The van der Waals surface area contributed by atoms with Crippen LogP contribution in [0.4, 0.5) is 5.69 Å². The largest absolute Gasteiger partial charge is 0.372 e. The first-order valence-electron chi connectivity index (χ1n) is 6.32. The third-order valence-corrected chi connectivity index (χ3v) is 4.22. The fourth-order valence-corrected chi connectivity index (χ4v) is 3.41. The van der Waals surface area contributed by atoms with Crippen molar-refractivity contribution >= 4 is 15.7 Å². The number of benzene rings is 1. The van der Waals surface area contributed by atoms with Crippen LogP contribution in [0.15, 0.2) is 29.2 Å². The fraction of sp³-hybridized carbons (Fsp3) is 0.538. The highest BCUT2D eigenvalue weighted by Gasteiger charge is 2.21. The lowest BCUT2D eigenvalue weighted by Crippen LogP contribution is -2.35. The van der Waals surface area contributed by atoms with Crippen molar-refractivity contribution in [1.82, 2.24) is 4.72 Å². The van der Waals surface area contributed by atoms with Gasteiger partial charge in [-0.05, 0) is 32.9 Å². The maximum atomic E-state index is 12.3. The second-order valence-electron chi connectivity index (χ2n) is 5.10. The molecule has 0 bridgehead atoms. The average molecular weight is 285 g/mol. The number of rotatable bonds is 6. The molecule has 0 aliphatic rings. The first kappa shape index (κ1) is 15.9. The molecule has 1 unspecified atom stereocenters. The van der Waals surface area contributed by atoms with Gasteiger partial charge >= 0.3 is 0 Å². The van der Waals surface area contributed by atoms with Crippen molar-refractivity contribution in [2.24, 2.45) is 5.73 Å². The van der Waals surface area contributed by atoms with E-state index in [0.29, 0.717) is 12.2 Å². The van der Waals surface area contributed by atoms with Gasteiger partial charge in [0, 0.05) is 25.7 Å². The van der Waals surface area contributed by atoms with Crippen molar-refractivity contribution in [3.8, 4) is 0 Å². The summed E-state index contributed by atoms with van der Waals surface area (Å²) in [6.45, 7) is 6.08. The quantitative estimate of drug-likeness (QED) is 0.822. The van der Waals surface area contributed by atoms with Crippen LogP contribution < -0.4 is 15.4 Å². The van der Waals surface area contributed by atoms with Gasteiger partial charge in [0.25, 0.3) is 0 Å². The van der Waals surface area contributed by atoms with Crippen LogP contribution in [0.1, 0.15) is 20.8 Å². The summed E-state index contributed by atoms with van der Waals surface area (Å²) in [4.78, 5) is 2.14. The van der Waals surface area contributed by atoms with Crippen LogP contribution in [-0.2, 0) is 10.0 Å². The van der Waals surface area contributed by atoms with Gasteiger partial charge in [0.1, 0.15) is 4.90 Å². The molecule has 0 fully saturated rings. The molecule has 6 heteroatoms. The Morgan fingerprint density at radius 3 is 2.37 bits per heavy atom. The number of sulfonamides is 1. The molecule has 0 spiro atoms. The molecule has 0 aliphatic carbocycles. The Kier molecular flexibility index (Phi) is 5.34. The molecular formula is C13H23N3O2S. The van der Waals surface area contributed by atoms with Gasteiger partial charge in [-0.1, -0.05) is 12.1 Å². The van der Waals surface area contributed by atoms with E-state index in [0.717, 1.165) is 0 Å². The summed E-state index contributed by atoms with van der Waals surface area (Å²) < 4.78 is 27.2. The van der Waals surface area contributed by atoms with Crippen molar-refractivity contribution in [2.45, 2.75) is 37.8 Å². The SMILES string of the molecule is CC(N)CN(C)c1ccccc1S(=O)(=O)NC(C)C. The lowest BCUT2D eigenvalue weighted by molar-refractivity contribution is 0.569. The van der Waals surface area contributed by atoms with E-state index < -0.39 is 10.0 Å². The Balaban J connectivity index is 3.15. The molecule has 0 aliphatic heterocycles. The first-order chi connectivity index (χ1) is 8.74. The summed E-state index contributed by atoms with van der Waals surface area (Å²) in [6, 6.07) is 6.77. The van der Waals surface area contributed by atoms with Crippen LogP contribution in [0, 0.1) is 0 Å². The minimum atomic E-state index is -3.50. The van der Waals surface area contributed by atoms with Crippen LogP contribution >= 0.6 is 0 Å². The maximum absolute atomic E-state index is 12.3. The zero-order chi connectivity index (χ0) is 14.6. The minimum absolute atomic E-state index is 0.0289. The number of nitrogens with one attached hydrogen (secondary N) is 1. The Hall–Kier alpha value is -1.11. The third-order valence-electron chi connectivity index (χ3n) is 2.52. The zero-order valence-electron chi connectivity index (χ0n) is 11.9. The van der Waals surface area contributed by atoms with Gasteiger partial charge in [-0.25, -0.2) is 13.1 Å². The van der Waals surface area contributed by atoms with E-state index in [1.165, 1.54) is 0 Å². The van der Waals surface area contributed by atoms with Crippen LogP contribution in [0.2, 0.25) is 0 Å². The topological polar surface area (TPSA) is 75.4 Å². The lowest BCUT2D eigenvalue weighted by Gasteiger charge is -2.24. The van der Waals surface area contributed by atoms with E-state index in [2.05, 4.69) is 4.72 Å². The van der Waals surface area contributed by atoms with E-state index >= 15 is 0 Å². The van der Waals surface area contributed by atoms with Gasteiger partial charge in [0.15, 0.2) is 0 Å². The Morgan fingerprint density at radius 1 is 1.26 bits per heavy atom. The van der Waals surface area contributed by atoms with E-state index in [9.17, 15) is 8.42 Å². The molecule has 1 aromatic carbocycles. The smallest absolute Gasteiger partial charge is 0.242 e. The van der Waals surface area contributed by atoms with Crippen LogP contribution in [0.25, 0.3) is 0 Å². The molecule has 3 N–H and O–H groups in total. The summed E-state index contributed by atoms with van der Waals surface area (Å²) >= 11 is 0. The highest BCUT2D eigenvalue weighted by Crippen LogP contribution is 2.24. The van der Waals surface area contributed by atoms with Crippen molar-refractivity contribution in [2.75, 3.05) is 18.5 Å². The van der Waals surface area contributed by atoms with Gasteiger partial charge in [-0.3, -0.25) is 0 Å². The van der Waals surface area contributed by atoms with Crippen molar-refractivity contribution < 1.29 is 8.42 Å².